The lowest BCUT2D eigenvalue weighted by molar-refractivity contribution is 0.226. The second kappa shape index (κ2) is 6.29. The maximum atomic E-state index is 3.62. The number of rotatable bonds is 3. The Hall–Kier alpha value is -0.540. The smallest absolute Gasteiger partial charge is 0.0415 e. The van der Waals surface area contributed by atoms with E-state index in [0.717, 1.165) is 0 Å². The minimum Gasteiger partial charge on any atom is -0.371 e. The third-order valence-corrected chi connectivity index (χ3v) is 6.21. The van der Waals surface area contributed by atoms with Gasteiger partial charge in [0.1, 0.15) is 0 Å². The minimum atomic E-state index is 0.389. The highest BCUT2D eigenvalue weighted by Gasteiger charge is 2.37. The van der Waals surface area contributed by atoms with E-state index in [1.165, 1.54) is 67.3 Å². The third-order valence-electron chi connectivity index (χ3n) is 5.72. The molecule has 2 fully saturated rings. The van der Waals surface area contributed by atoms with Crippen LogP contribution < -0.4 is 10.2 Å². The Bertz CT molecular complexity index is 484. The van der Waals surface area contributed by atoms with Crippen molar-refractivity contribution in [3.05, 3.63) is 28.2 Å². The fourth-order valence-corrected chi connectivity index (χ4v) is 4.54. The summed E-state index contributed by atoms with van der Waals surface area (Å²) < 4.78 is 1.17. The van der Waals surface area contributed by atoms with Crippen molar-refractivity contribution in [3.63, 3.8) is 0 Å². The van der Waals surface area contributed by atoms with Crippen molar-refractivity contribution in [1.29, 1.82) is 0 Å². The van der Waals surface area contributed by atoms with E-state index in [1.54, 1.807) is 0 Å². The van der Waals surface area contributed by atoms with Gasteiger partial charge in [0.25, 0.3) is 0 Å². The van der Waals surface area contributed by atoms with E-state index in [-0.39, 0.29) is 0 Å². The second-order valence-electron chi connectivity index (χ2n) is 6.91. The van der Waals surface area contributed by atoms with Crippen LogP contribution in [0.25, 0.3) is 0 Å². The van der Waals surface area contributed by atoms with Crippen molar-refractivity contribution in [1.82, 2.24) is 5.32 Å². The molecule has 1 saturated carbocycles. The summed E-state index contributed by atoms with van der Waals surface area (Å²) >= 11 is 3.62. The maximum Gasteiger partial charge on any atom is 0.0415 e. The first-order valence-electron chi connectivity index (χ1n) is 8.35. The monoisotopic (exact) mass is 350 g/mol. The number of nitrogens with one attached hydrogen (secondary N) is 1. The van der Waals surface area contributed by atoms with Gasteiger partial charge in [-0.05, 0) is 68.8 Å². The van der Waals surface area contributed by atoms with E-state index < -0.39 is 0 Å². The molecule has 3 heteroatoms. The molecule has 2 aliphatic rings. The number of piperidine rings is 1. The van der Waals surface area contributed by atoms with E-state index in [2.05, 4.69) is 51.3 Å². The van der Waals surface area contributed by atoms with Crippen LogP contribution in [0.2, 0.25) is 0 Å². The third kappa shape index (κ3) is 3.14. The summed E-state index contributed by atoms with van der Waals surface area (Å²) in [6, 6.07) is 7.14. The number of halogens is 1. The van der Waals surface area contributed by atoms with Crippen molar-refractivity contribution in [2.45, 2.75) is 51.5 Å². The normalized spacial score (nSPS) is 22.7. The first-order chi connectivity index (χ1) is 10.1. The molecule has 1 aliphatic carbocycles. The molecule has 21 heavy (non-hydrogen) atoms. The Balaban J connectivity index is 1.78. The molecule has 1 atom stereocenters. The molecule has 1 N–H and O–H groups in total. The summed E-state index contributed by atoms with van der Waals surface area (Å²) in [5, 5.41) is 3.39. The van der Waals surface area contributed by atoms with Crippen molar-refractivity contribution in [2.24, 2.45) is 5.41 Å². The predicted molar refractivity (Wildman–Crippen MR) is 94.0 cm³/mol. The summed E-state index contributed by atoms with van der Waals surface area (Å²) in [6.07, 6.45) is 8.63. The Morgan fingerprint density at radius 1 is 1.14 bits per heavy atom. The van der Waals surface area contributed by atoms with Gasteiger partial charge in [-0.1, -0.05) is 28.8 Å². The van der Waals surface area contributed by atoms with Crippen LogP contribution in [0.4, 0.5) is 5.69 Å². The molecule has 116 valence electrons. The first kappa shape index (κ1) is 15.4. The molecule has 1 unspecified atom stereocenters. The van der Waals surface area contributed by atoms with Crippen LogP contribution in [-0.2, 0) is 0 Å². The van der Waals surface area contributed by atoms with E-state index in [9.17, 15) is 0 Å². The maximum absolute atomic E-state index is 3.62. The highest BCUT2D eigenvalue weighted by molar-refractivity contribution is 9.10. The molecular formula is C18H27BrN2. The zero-order valence-corrected chi connectivity index (χ0v) is 14.9. The molecule has 2 nitrogen and oxygen atoms in total. The highest BCUT2D eigenvalue weighted by atomic mass is 79.9. The van der Waals surface area contributed by atoms with Gasteiger partial charge in [0.05, 0.1) is 0 Å². The fraction of sp³-hybridized carbons (Fsp3) is 0.667. The van der Waals surface area contributed by atoms with Crippen LogP contribution in [0.15, 0.2) is 22.7 Å². The zero-order chi connectivity index (χ0) is 14.9. The molecule has 1 aromatic carbocycles. The van der Waals surface area contributed by atoms with E-state index in [1.807, 2.05) is 7.05 Å². The summed E-state index contributed by atoms with van der Waals surface area (Å²) in [5.41, 5.74) is 3.53. The summed E-state index contributed by atoms with van der Waals surface area (Å²) in [4.78, 5) is 2.61. The van der Waals surface area contributed by atoms with Gasteiger partial charge in [0, 0.05) is 29.3 Å². The van der Waals surface area contributed by atoms with Crippen molar-refractivity contribution in [3.8, 4) is 0 Å². The Labute approximate surface area is 137 Å². The lowest BCUT2D eigenvalue weighted by Gasteiger charge is -2.41. The van der Waals surface area contributed by atoms with Crippen LogP contribution in [-0.4, -0.2) is 20.1 Å². The Morgan fingerprint density at radius 3 is 2.43 bits per heavy atom. The summed E-state index contributed by atoms with van der Waals surface area (Å²) in [5.74, 6) is 0. The van der Waals surface area contributed by atoms with Crippen molar-refractivity contribution < 1.29 is 0 Å². The largest absolute Gasteiger partial charge is 0.371 e. The molecule has 3 rings (SSSR count). The van der Waals surface area contributed by atoms with E-state index in [0.29, 0.717) is 11.5 Å². The topological polar surface area (TPSA) is 15.3 Å². The molecule has 1 heterocycles. The van der Waals surface area contributed by atoms with Gasteiger partial charge < -0.3 is 10.2 Å². The molecule has 1 aromatic rings. The molecule has 1 saturated heterocycles. The molecule has 0 radical (unpaired) electrons. The number of benzene rings is 1. The SMILES string of the molecule is CNC(C)c1cc(Br)ccc1N1CCC2(CCCC2)CC1. The van der Waals surface area contributed by atoms with Gasteiger partial charge in [-0.25, -0.2) is 0 Å². The van der Waals surface area contributed by atoms with E-state index >= 15 is 0 Å². The molecule has 0 aromatic heterocycles. The molecule has 1 aliphatic heterocycles. The average Bonchev–Trinajstić information content (AvgIpc) is 2.96. The van der Waals surface area contributed by atoms with Gasteiger partial charge in [0.2, 0.25) is 0 Å². The first-order valence-corrected chi connectivity index (χ1v) is 9.14. The predicted octanol–water partition coefficient (Wildman–Crippen LogP) is 4.89. The highest BCUT2D eigenvalue weighted by Crippen LogP contribution is 2.47. The van der Waals surface area contributed by atoms with Crippen molar-refractivity contribution >= 4 is 21.6 Å². The van der Waals surface area contributed by atoms with Crippen LogP contribution in [0.1, 0.15) is 57.1 Å². The summed E-state index contributed by atoms with van der Waals surface area (Å²) in [7, 11) is 2.04. The molecule has 1 spiro atoms. The zero-order valence-electron chi connectivity index (χ0n) is 13.3. The van der Waals surface area contributed by atoms with Gasteiger partial charge in [0.15, 0.2) is 0 Å². The van der Waals surface area contributed by atoms with Crippen LogP contribution in [0.3, 0.4) is 0 Å². The average molecular weight is 351 g/mol. The minimum absolute atomic E-state index is 0.389. The second-order valence-corrected chi connectivity index (χ2v) is 7.82. The fourth-order valence-electron chi connectivity index (χ4n) is 4.16. The number of nitrogens with zero attached hydrogens (tertiary/aromatic N) is 1. The van der Waals surface area contributed by atoms with Gasteiger partial charge in [-0.3, -0.25) is 0 Å². The number of hydrogen-bond donors (Lipinski definition) is 1. The van der Waals surface area contributed by atoms with Gasteiger partial charge in [-0.2, -0.15) is 0 Å². The number of anilines is 1. The van der Waals surface area contributed by atoms with Crippen LogP contribution >= 0.6 is 15.9 Å². The standard InChI is InChI=1S/C18H27BrN2/c1-14(20-2)16-13-15(19)5-6-17(16)21-11-9-18(10-12-21)7-3-4-8-18/h5-6,13-14,20H,3-4,7-12H2,1-2H3. The Kier molecular flexibility index (Phi) is 4.60. The van der Waals surface area contributed by atoms with Crippen molar-refractivity contribution in [2.75, 3.05) is 25.0 Å². The van der Waals surface area contributed by atoms with E-state index in [4.69, 9.17) is 0 Å². The van der Waals surface area contributed by atoms with Crippen LogP contribution in [0, 0.1) is 5.41 Å². The lowest BCUT2D eigenvalue weighted by atomic mass is 9.77. The molecule has 0 bridgehead atoms. The number of hydrogen-bond acceptors (Lipinski definition) is 2. The summed E-state index contributed by atoms with van der Waals surface area (Å²) in [6.45, 7) is 4.70. The Morgan fingerprint density at radius 2 is 1.81 bits per heavy atom. The van der Waals surface area contributed by atoms with Crippen LogP contribution in [0.5, 0.6) is 0 Å². The molecule has 0 amide bonds. The van der Waals surface area contributed by atoms with Gasteiger partial charge in [-0.15, -0.1) is 0 Å². The lowest BCUT2D eigenvalue weighted by Crippen LogP contribution is -2.39. The molecular weight excluding hydrogens is 324 g/mol. The van der Waals surface area contributed by atoms with Gasteiger partial charge >= 0.3 is 0 Å². The quantitative estimate of drug-likeness (QED) is 0.834.